The second kappa shape index (κ2) is 6.48. The molecule has 1 rings (SSSR count). The number of nitrogens with one attached hydrogen (secondary N) is 1. The van der Waals surface area contributed by atoms with Gasteiger partial charge in [-0.3, -0.25) is 9.59 Å². The van der Waals surface area contributed by atoms with Crippen LogP contribution in [0.5, 0.6) is 0 Å². The smallest absolute Gasteiger partial charge is 0.303 e. The van der Waals surface area contributed by atoms with Gasteiger partial charge in [-0.1, -0.05) is 0 Å². The first kappa shape index (κ1) is 13.0. The number of aliphatic carboxylic acids is 1. The molecule has 0 aromatic rings. The van der Waals surface area contributed by atoms with Crippen molar-refractivity contribution in [1.82, 2.24) is 5.32 Å². The molecule has 1 saturated carbocycles. The maximum absolute atomic E-state index is 11.4. The first-order valence-corrected chi connectivity index (χ1v) is 5.65. The van der Waals surface area contributed by atoms with Gasteiger partial charge in [0.05, 0.1) is 6.10 Å². The summed E-state index contributed by atoms with van der Waals surface area (Å²) < 4.78 is 5.11. The van der Waals surface area contributed by atoms with E-state index in [4.69, 9.17) is 9.84 Å². The summed E-state index contributed by atoms with van der Waals surface area (Å²) in [7, 11) is 1.68. The molecular weight excluding hydrogens is 210 g/mol. The monoisotopic (exact) mass is 229 g/mol. The molecule has 0 bridgehead atoms. The fourth-order valence-corrected chi connectivity index (χ4v) is 1.74. The number of hydrogen-bond donors (Lipinski definition) is 2. The Kier molecular flexibility index (Phi) is 5.25. The quantitative estimate of drug-likeness (QED) is 0.637. The summed E-state index contributed by atoms with van der Waals surface area (Å²) >= 11 is 0. The van der Waals surface area contributed by atoms with Gasteiger partial charge >= 0.3 is 5.97 Å². The Labute approximate surface area is 95.2 Å². The zero-order valence-corrected chi connectivity index (χ0v) is 9.57. The number of amides is 1. The van der Waals surface area contributed by atoms with Crippen LogP contribution in [0.4, 0.5) is 0 Å². The third-order valence-electron chi connectivity index (χ3n) is 2.84. The Morgan fingerprint density at radius 1 is 1.31 bits per heavy atom. The minimum Gasteiger partial charge on any atom is -0.481 e. The van der Waals surface area contributed by atoms with Gasteiger partial charge in [0.15, 0.2) is 0 Å². The van der Waals surface area contributed by atoms with E-state index >= 15 is 0 Å². The zero-order valence-electron chi connectivity index (χ0n) is 9.57. The standard InChI is InChI=1S/C11H19NO4/c1-16-9-6-8(7-9)12-10(13)4-2-3-5-11(14)15/h8-9H,2-7H2,1H3,(H,12,13)(H,14,15). The molecule has 0 atom stereocenters. The molecule has 5 heteroatoms. The molecule has 0 aliphatic heterocycles. The molecule has 0 saturated heterocycles. The molecule has 2 N–H and O–H groups in total. The number of rotatable bonds is 7. The number of carboxylic acid groups (broad SMARTS) is 1. The van der Waals surface area contributed by atoms with E-state index in [0.717, 1.165) is 12.8 Å². The average molecular weight is 229 g/mol. The number of unbranched alkanes of at least 4 members (excludes halogenated alkanes) is 1. The van der Waals surface area contributed by atoms with Crippen LogP contribution in [-0.4, -0.2) is 36.2 Å². The van der Waals surface area contributed by atoms with Crippen LogP contribution >= 0.6 is 0 Å². The maximum atomic E-state index is 11.4. The van der Waals surface area contributed by atoms with Crippen molar-refractivity contribution in [3.8, 4) is 0 Å². The predicted octanol–water partition coefficient (Wildman–Crippen LogP) is 0.925. The molecule has 16 heavy (non-hydrogen) atoms. The molecule has 0 heterocycles. The van der Waals surface area contributed by atoms with Crippen molar-refractivity contribution in [2.45, 2.75) is 50.7 Å². The fourth-order valence-electron chi connectivity index (χ4n) is 1.74. The minimum absolute atomic E-state index is 0.0185. The van der Waals surface area contributed by atoms with E-state index in [1.165, 1.54) is 0 Å². The summed E-state index contributed by atoms with van der Waals surface area (Å²) in [5.74, 6) is -0.785. The van der Waals surface area contributed by atoms with Gasteiger partial charge in [0.25, 0.3) is 0 Å². The summed E-state index contributed by atoms with van der Waals surface area (Å²) in [4.78, 5) is 21.6. The van der Waals surface area contributed by atoms with Gasteiger partial charge < -0.3 is 15.2 Å². The van der Waals surface area contributed by atoms with Crippen LogP contribution in [0.2, 0.25) is 0 Å². The fraction of sp³-hybridized carbons (Fsp3) is 0.818. The third-order valence-corrected chi connectivity index (χ3v) is 2.84. The van der Waals surface area contributed by atoms with E-state index in [-0.39, 0.29) is 24.5 Å². The molecular formula is C11H19NO4. The van der Waals surface area contributed by atoms with E-state index in [2.05, 4.69) is 5.32 Å². The van der Waals surface area contributed by atoms with E-state index in [1.807, 2.05) is 0 Å². The van der Waals surface area contributed by atoms with Crippen molar-refractivity contribution in [2.75, 3.05) is 7.11 Å². The number of carbonyl (C=O) groups is 2. The van der Waals surface area contributed by atoms with Crippen LogP contribution in [0.3, 0.4) is 0 Å². The summed E-state index contributed by atoms with van der Waals surface area (Å²) in [6.45, 7) is 0. The van der Waals surface area contributed by atoms with Gasteiger partial charge in [-0.05, 0) is 25.7 Å². The molecule has 0 unspecified atom stereocenters. The molecule has 1 aliphatic rings. The summed E-state index contributed by atoms with van der Waals surface area (Å²) in [5, 5.41) is 11.3. The highest BCUT2D eigenvalue weighted by atomic mass is 16.5. The number of carbonyl (C=O) groups excluding carboxylic acids is 1. The molecule has 0 aromatic heterocycles. The van der Waals surface area contributed by atoms with Gasteiger partial charge in [-0.25, -0.2) is 0 Å². The number of hydrogen-bond acceptors (Lipinski definition) is 3. The summed E-state index contributed by atoms with van der Waals surface area (Å²) in [6, 6.07) is 0.247. The first-order valence-electron chi connectivity index (χ1n) is 5.65. The average Bonchev–Trinajstić information content (AvgIpc) is 2.17. The molecule has 0 spiro atoms. The van der Waals surface area contributed by atoms with E-state index in [0.29, 0.717) is 19.3 Å². The van der Waals surface area contributed by atoms with Crippen molar-refractivity contribution in [3.05, 3.63) is 0 Å². The third kappa shape index (κ3) is 4.61. The lowest BCUT2D eigenvalue weighted by atomic mass is 9.89. The Morgan fingerprint density at radius 3 is 2.50 bits per heavy atom. The second-order valence-corrected chi connectivity index (χ2v) is 4.19. The molecule has 1 aliphatic carbocycles. The number of ether oxygens (including phenoxy) is 1. The predicted molar refractivity (Wildman–Crippen MR) is 58.1 cm³/mol. The minimum atomic E-state index is -0.803. The van der Waals surface area contributed by atoms with Crippen LogP contribution in [0, 0.1) is 0 Å². The van der Waals surface area contributed by atoms with Crippen LogP contribution in [0.15, 0.2) is 0 Å². The molecule has 1 fully saturated rings. The second-order valence-electron chi connectivity index (χ2n) is 4.19. The van der Waals surface area contributed by atoms with E-state index in [9.17, 15) is 9.59 Å². The Bertz CT molecular complexity index is 248. The highest BCUT2D eigenvalue weighted by Gasteiger charge is 2.29. The van der Waals surface area contributed by atoms with Gasteiger partial charge in [0.1, 0.15) is 0 Å². The maximum Gasteiger partial charge on any atom is 0.303 e. The van der Waals surface area contributed by atoms with Crippen molar-refractivity contribution in [3.63, 3.8) is 0 Å². The highest BCUT2D eigenvalue weighted by molar-refractivity contribution is 5.76. The van der Waals surface area contributed by atoms with Crippen molar-refractivity contribution in [1.29, 1.82) is 0 Å². The lowest BCUT2D eigenvalue weighted by Crippen LogP contribution is -2.47. The van der Waals surface area contributed by atoms with Crippen LogP contribution in [0.1, 0.15) is 38.5 Å². The van der Waals surface area contributed by atoms with Crippen LogP contribution in [-0.2, 0) is 14.3 Å². The van der Waals surface area contributed by atoms with Gasteiger partial charge in [0, 0.05) is 26.0 Å². The first-order chi connectivity index (χ1) is 7.61. The van der Waals surface area contributed by atoms with E-state index in [1.54, 1.807) is 7.11 Å². The topological polar surface area (TPSA) is 75.6 Å². The lowest BCUT2D eigenvalue weighted by molar-refractivity contribution is -0.137. The van der Waals surface area contributed by atoms with Gasteiger partial charge in [0.2, 0.25) is 5.91 Å². The SMILES string of the molecule is COC1CC(NC(=O)CCCCC(=O)O)C1. The molecule has 92 valence electrons. The molecule has 5 nitrogen and oxygen atoms in total. The Morgan fingerprint density at radius 2 is 1.94 bits per heavy atom. The zero-order chi connectivity index (χ0) is 12.0. The Balaban J connectivity index is 1.97. The van der Waals surface area contributed by atoms with Crippen molar-refractivity contribution in [2.24, 2.45) is 0 Å². The van der Waals surface area contributed by atoms with Gasteiger partial charge in [-0.2, -0.15) is 0 Å². The van der Waals surface area contributed by atoms with Gasteiger partial charge in [-0.15, -0.1) is 0 Å². The van der Waals surface area contributed by atoms with E-state index < -0.39 is 5.97 Å². The van der Waals surface area contributed by atoms with Crippen molar-refractivity contribution >= 4 is 11.9 Å². The number of carboxylic acids is 1. The van der Waals surface area contributed by atoms with Crippen LogP contribution < -0.4 is 5.32 Å². The largest absolute Gasteiger partial charge is 0.481 e. The molecule has 0 radical (unpaired) electrons. The normalized spacial score (nSPS) is 23.6. The lowest BCUT2D eigenvalue weighted by Gasteiger charge is -2.34. The van der Waals surface area contributed by atoms with Crippen LogP contribution in [0.25, 0.3) is 0 Å². The molecule has 1 amide bonds. The Hall–Kier alpha value is -1.10. The summed E-state index contributed by atoms with van der Waals surface area (Å²) in [5.41, 5.74) is 0. The highest BCUT2D eigenvalue weighted by Crippen LogP contribution is 2.22. The number of methoxy groups -OCH3 is 1. The van der Waals surface area contributed by atoms with Crippen molar-refractivity contribution < 1.29 is 19.4 Å². The summed E-state index contributed by atoms with van der Waals surface area (Å²) in [6.07, 6.45) is 3.82. The molecule has 0 aromatic carbocycles.